The molecule has 0 saturated carbocycles. The molecule has 15 heavy (non-hydrogen) atoms. The van der Waals surface area contributed by atoms with Crippen LogP contribution in [0.3, 0.4) is 0 Å². The van der Waals surface area contributed by atoms with Gasteiger partial charge in [0.2, 0.25) is 0 Å². The summed E-state index contributed by atoms with van der Waals surface area (Å²) in [5.74, 6) is -0.455. The fourth-order valence-corrected chi connectivity index (χ4v) is 1.25. The van der Waals surface area contributed by atoms with Crippen LogP contribution in [0.4, 0.5) is 4.39 Å². The van der Waals surface area contributed by atoms with Crippen LogP contribution in [0.1, 0.15) is 11.6 Å². The van der Waals surface area contributed by atoms with Crippen molar-refractivity contribution in [2.24, 2.45) is 10.8 Å². The standard InChI is InChI=1S/C8H8ClFN4.ClH/c9-6-1-5(2-7(10)3-6)8(11)4-13-14-12;/h1-3,8H,4,11H2;1H. The van der Waals surface area contributed by atoms with E-state index in [2.05, 4.69) is 10.0 Å². The fourth-order valence-electron chi connectivity index (χ4n) is 1.02. The minimum atomic E-state index is -0.529. The molecule has 0 fully saturated rings. The van der Waals surface area contributed by atoms with Crippen molar-refractivity contribution in [1.82, 2.24) is 0 Å². The Morgan fingerprint density at radius 1 is 1.53 bits per heavy atom. The molecule has 1 rings (SSSR count). The summed E-state index contributed by atoms with van der Waals surface area (Å²) >= 11 is 5.63. The highest BCUT2D eigenvalue weighted by Gasteiger charge is 2.07. The van der Waals surface area contributed by atoms with Gasteiger partial charge in [-0.25, -0.2) is 4.39 Å². The first kappa shape index (κ1) is 14.0. The first-order valence-corrected chi connectivity index (χ1v) is 4.23. The average molecular weight is 251 g/mol. The topological polar surface area (TPSA) is 74.8 Å². The first-order valence-electron chi connectivity index (χ1n) is 3.86. The van der Waals surface area contributed by atoms with Gasteiger partial charge in [0.15, 0.2) is 0 Å². The lowest BCUT2D eigenvalue weighted by Crippen LogP contribution is -2.13. The Morgan fingerprint density at radius 3 is 2.73 bits per heavy atom. The molecule has 2 N–H and O–H groups in total. The van der Waals surface area contributed by atoms with Gasteiger partial charge >= 0.3 is 0 Å². The van der Waals surface area contributed by atoms with E-state index in [4.69, 9.17) is 22.9 Å². The molecule has 1 aromatic carbocycles. The summed E-state index contributed by atoms with van der Waals surface area (Å²) in [6.45, 7) is 0.0796. The van der Waals surface area contributed by atoms with Crippen molar-refractivity contribution in [3.8, 4) is 0 Å². The van der Waals surface area contributed by atoms with Gasteiger partial charge in [-0.2, -0.15) is 0 Å². The second kappa shape index (κ2) is 6.48. The molecule has 1 aromatic rings. The summed E-state index contributed by atoms with van der Waals surface area (Å²) in [5.41, 5.74) is 14.2. The lowest BCUT2D eigenvalue weighted by molar-refractivity contribution is 0.620. The Bertz CT molecular complexity index is 359. The number of benzene rings is 1. The van der Waals surface area contributed by atoms with Gasteiger partial charge in [-0.15, -0.1) is 12.4 Å². The van der Waals surface area contributed by atoms with Crippen LogP contribution in [-0.4, -0.2) is 6.54 Å². The Labute approximate surface area is 97.3 Å². The van der Waals surface area contributed by atoms with E-state index in [1.54, 1.807) is 6.07 Å². The van der Waals surface area contributed by atoms with Crippen molar-refractivity contribution < 1.29 is 4.39 Å². The van der Waals surface area contributed by atoms with Crippen LogP contribution in [-0.2, 0) is 0 Å². The van der Waals surface area contributed by atoms with Gasteiger partial charge in [-0.05, 0) is 29.3 Å². The molecule has 4 nitrogen and oxygen atoms in total. The molecule has 1 unspecified atom stereocenters. The van der Waals surface area contributed by atoms with Gasteiger partial charge in [-0.1, -0.05) is 16.7 Å². The summed E-state index contributed by atoms with van der Waals surface area (Å²) in [6.07, 6.45) is 0. The van der Waals surface area contributed by atoms with Crippen molar-refractivity contribution in [2.45, 2.75) is 6.04 Å². The maximum absolute atomic E-state index is 12.9. The van der Waals surface area contributed by atoms with Crippen LogP contribution < -0.4 is 5.73 Å². The number of nitrogens with two attached hydrogens (primary N) is 1. The highest BCUT2D eigenvalue weighted by Crippen LogP contribution is 2.18. The van der Waals surface area contributed by atoms with E-state index in [9.17, 15) is 4.39 Å². The van der Waals surface area contributed by atoms with Crippen molar-refractivity contribution in [2.75, 3.05) is 6.54 Å². The average Bonchev–Trinajstić information content (AvgIpc) is 2.12. The molecule has 0 aromatic heterocycles. The SMILES string of the molecule is Cl.[N-]=[N+]=NCC(N)c1cc(F)cc(Cl)c1. The van der Waals surface area contributed by atoms with E-state index in [0.29, 0.717) is 5.56 Å². The monoisotopic (exact) mass is 250 g/mol. The fraction of sp³-hybridized carbons (Fsp3) is 0.250. The maximum atomic E-state index is 12.9. The van der Waals surface area contributed by atoms with Gasteiger partial charge in [0.05, 0.1) is 0 Å². The highest BCUT2D eigenvalue weighted by molar-refractivity contribution is 6.30. The van der Waals surface area contributed by atoms with E-state index < -0.39 is 11.9 Å². The lowest BCUT2D eigenvalue weighted by Gasteiger charge is -2.08. The molecule has 0 amide bonds. The molecule has 0 aliphatic rings. The predicted octanol–water partition coefficient (Wildman–Crippen LogP) is 3.21. The molecule has 0 aliphatic carbocycles. The largest absolute Gasteiger partial charge is 0.324 e. The third kappa shape index (κ3) is 4.36. The minimum Gasteiger partial charge on any atom is -0.324 e. The molecule has 0 spiro atoms. The Kier molecular flexibility index (Phi) is 6.05. The molecule has 1 atom stereocenters. The van der Waals surface area contributed by atoms with Crippen LogP contribution >= 0.6 is 24.0 Å². The second-order valence-corrected chi connectivity index (χ2v) is 3.16. The molecule has 0 radical (unpaired) electrons. The number of hydrogen-bond donors (Lipinski definition) is 1. The second-order valence-electron chi connectivity index (χ2n) is 2.72. The Morgan fingerprint density at radius 2 is 2.20 bits per heavy atom. The van der Waals surface area contributed by atoms with Gasteiger partial charge in [-0.3, -0.25) is 0 Å². The van der Waals surface area contributed by atoms with E-state index in [0.717, 1.165) is 0 Å². The van der Waals surface area contributed by atoms with Crippen molar-refractivity contribution in [3.05, 3.63) is 45.0 Å². The zero-order valence-corrected chi connectivity index (χ0v) is 9.17. The third-order valence-corrected chi connectivity index (χ3v) is 1.87. The summed E-state index contributed by atoms with van der Waals surface area (Å²) < 4.78 is 12.9. The number of azide groups is 1. The molecule has 0 aliphatic heterocycles. The third-order valence-electron chi connectivity index (χ3n) is 1.65. The van der Waals surface area contributed by atoms with Crippen molar-refractivity contribution >= 4 is 24.0 Å². The molecule has 0 saturated heterocycles. The normalized spacial score (nSPS) is 11.1. The summed E-state index contributed by atoms with van der Waals surface area (Å²) in [7, 11) is 0. The Hall–Kier alpha value is -1.00. The van der Waals surface area contributed by atoms with E-state index >= 15 is 0 Å². The van der Waals surface area contributed by atoms with E-state index in [1.165, 1.54) is 12.1 Å². The maximum Gasteiger partial charge on any atom is 0.125 e. The van der Waals surface area contributed by atoms with Crippen LogP contribution in [0.25, 0.3) is 10.4 Å². The van der Waals surface area contributed by atoms with Crippen molar-refractivity contribution in [3.63, 3.8) is 0 Å². The predicted molar refractivity (Wildman–Crippen MR) is 59.6 cm³/mol. The van der Waals surface area contributed by atoms with Gasteiger partial charge in [0, 0.05) is 22.5 Å². The van der Waals surface area contributed by atoms with Gasteiger partial charge in [0.1, 0.15) is 5.82 Å². The van der Waals surface area contributed by atoms with Crippen LogP contribution in [0.5, 0.6) is 0 Å². The van der Waals surface area contributed by atoms with Crippen molar-refractivity contribution in [1.29, 1.82) is 0 Å². The number of halogens is 3. The van der Waals surface area contributed by atoms with Crippen LogP contribution in [0.2, 0.25) is 5.02 Å². The minimum absolute atomic E-state index is 0. The number of rotatable bonds is 3. The Balaban J connectivity index is 0.00000196. The van der Waals surface area contributed by atoms with Crippen LogP contribution in [0.15, 0.2) is 23.3 Å². The smallest absolute Gasteiger partial charge is 0.125 e. The molecule has 0 bridgehead atoms. The molecule has 82 valence electrons. The molecular formula is C8H9Cl2FN4. The quantitative estimate of drug-likeness (QED) is 0.499. The van der Waals surface area contributed by atoms with Gasteiger partial charge < -0.3 is 5.73 Å². The van der Waals surface area contributed by atoms with E-state index in [1.807, 2.05) is 0 Å². The zero-order valence-electron chi connectivity index (χ0n) is 7.60. The lowest BCUT2D eigenvalue weighted by atomic mass is 10.1. The van der Waals surface area contributed by atoms with Crippen LogP contribution in [0, 0.1) is 5.82 Å². The first-order chi connectivity index (χ1) is 6.63. The number of nitrogens with zero attached hydrogens (tertiary/aromatic N) is 3. The molecule has 7 heteroatoms. The molecule has 0 heterocycles. The number of hydrogen-bond acceptors (Lipinski definition) is 2. The van der Waals surface area contributed by atoms with E-state index in [-0.39, 0.29) is 24.0 Å². The zero-order chi connectivity index (χ0) is 10.6. The summed E-state index contributed by atoms with van der Waals surface area (Å²) in [4.78, 5) is 2.56. The van der Waals surface area contributed by atoms with Gasteiger partial charge in [0.25, 0.3) is 0 Å². The summed E-state index contributed by atoms with van der Waals surface area (Å²) in [6, 6.07) is 3.47. The molecular weight excluding hydrogens is 242 g/mol. The highest BCUT2D eigenvalue weighted by atomic mass is 35.5. The summed E-state index contributed by atoms with van der Waals surface area (Å²) in [5, 5.41) is 3.57.